The second-order valence-electron chi connectivity index (χ2n) is 13.0. The van der Waals surface area contributed by atoms with Crippen LogP contribution >= 0.6 is 7.82 Å². The van der Waals surface area contributed by atoms with Crippen LogP contribution in [0, 0.1) is 0 Å². The van der Waals surface area contributed by atoms with Gasteiger partial charge >= 0.3 is 66.9 Å². The maximum Gasteiger partial charge on any atom is 1.00 e. The number of unbranched alkanes of at least 4 members (excludes halogenated alkanes) is 9. The van der Waals surface area contributed by atoms with Crippen LogP contribution in [0.1, 0.15) is 160 Å². The average molecular weight is 732 g/mol. The van der Waals surface area contributed by atoms with Gasteiger partial charge in [0.2, 0.25) is 6.29 Å². The van der Waals surface area contributed by atoms with E-state index in [1.807, 2.05) is 18.2 Å². The van der Waals surface area contributed by atoms with Crippen LogP contribution in [0.15, 0.2) is 18.2 Å². The van der Waals surface area contributed by atoms with Gasteiger partial charge < -0.3 is 44.4 Å². The Kier molecular flexibility index (Phi) is 30.7. The molecule has 11 nitrogen and oxygen atoms in total. The van der Waals surface area contributed by atoms with Gasteiger partial charge in [-0.1, -0.05) is 117 Å². The van der Waals surface area contributed by atoms with E-state index in [0.717, 1.165) is 42.6 Å². The van der Waals surface area contributed by atoms with Gasteiger partial charge in [-0.25, -0.2) is 4.57 Å². The number of phosphoric acid groups is 1. The molecule has 1 aliphatic rings. The van der Waals surface area contributed by atoms with Crippen LogP contribution in [0.25, 0.3) is 0 Å². The van der Waals surface area contributed by atoms with E-state index in [0.29, 0.717) is 24.7 Å². The molecule has 2 rings (SSSR count). The molecule has 49 heavy (non-hydrogen) atoms. The van der Waals surface area contributed by atoms with Crippen molar-refractivity contribution in [2.45, 2.75) is 168 Å². The van der Waals surface area contributed by atoms with Gasteiger partial charge in [0.1, 0.15) is 5.75 Å². The molecule has 3 atom stereocenters. The third kappa shape index (κ3) is 25.6. The van der Waals surface area contributed by atoms with E-state index in [1.165, 1.54) is 51.4 Å². The van der Waals surface area contributed by atoms with Crippen molar-refractivity contribution in [2.24, 2.45) is 0 Å². The largest absolute Gasteiger partial charge is 1.00 e. The standard InChI is InChI=1S/C18H35NO4.C17H27O6P.2Na/c1-2-3-4-5-6-7-8-9-10-11-12-16(15-18(22)23)19-14-13-17(20)21;1-11(2)13-7-5-8-14(12(3)4)17(13)22-15-9-6-10-16(21-15)23-24(18,19)20;;/h16,19H,2-15H2,1H3,(H,20,21)(H,22,23);5,7-8,11-12,15-16H,6,9-10H2,1-4H3,(H2,18,19,20);;/q;;2*+1/p-2. The van der Waals surface area contributed by atoms with Crippen LogP contribution in [0.2, 0.25) is 0 Å². The maximum absolute atomic E-state index is 11.0. The molecule has 0 bridgehead atoms. The van der Waals surface area contributed by atoms with Crippen LogP contribution in [0.5, 0.6) is 5.75 Å². The average Bonchev–Trinajstić information content (AvgIpc) is 2.97. The molecule has 1 aromatic carbocycles. The number of ether oxygens (including phenoxy) is 2. The number of carbonyl (C=O) groups excluding carboxylic acids is 2. The normalized spacial score (nSPS) is 16.6. The fraction of sp³-hybridized carbons (Fsp3) is 0.771. The molecule has 14 heteroatoms. The summed E-state index contributed by atoms with van der Waals surface area (Å²) in [6, 6.07) is 5.91. The van der Waals surface area contributed by atoms with E-state index < -0.39 is 32.3 Å². The molecule has 1 aromatic rings. The summed E-state index contributed by atoms with van der Waals surface area (Å²) in [6.07, 6.45) is 13.3. The zero-order valence-corrected chi connectivity index (χ0v) is 36.1. The number of para-hydroxylation sites is 1. The third-order valence-electron chi connectivity index (χ3n) is 8.09. The molecule has 3 N–H and O–H groups in total. The summed E-state index contributed by atoms with van der Waals surface area (Å²) in [4.78, 5) is 39.0. The van der Waals surface area contributed by atoms with Crippen LogP contribution in [-0.2, 0) is 23.4 Å². The Morgan fingerprint density at radius 1 is 0.878 bits per heavy atom. The Hall–Kier alpha value is -0.01000. The molecule has 0 spiro atoms. The first kappa shape index (κ1) is 51.1. The quantitative estimate of drug-likeness (QED) is 0.0773. The monoisotopic (exact) mass is 731 g/mol. The van der Waals surface area contributed by atoms with Crippen molar-refractivity contribution in [1.29, 1.82) is 0 Å². The van der Waals surface area contributed by atoms with E-state index in [4.69, 9.17) is 19.3 Å². The Labute approximate surface area is 339 Å². The van der Waals surface area contributed by atoms with Crippen LogP contribution in [0.4, 0.5) is 0 Å². The van der Waals surface area contributed by atoms with Crippen LogP contribution in [0.3, 0.4) is 0 Å². The third-order valence-corrected chi connectivity index (χ3v) is 8.60. The molecule has 0 radical (unpaired) electrons. The topological polar surface area (TPSA) is 178 Å². The number of phosphoric ester groups is 1. The van der Waals surface area contributed by atoms with Crippen LogP contribution in [-0.4, -0.2) is 46.9 Å². The van der Waals surface area contributed by atoms with Gasteiger partial charge in [0, 0.05) is 37.4 Å². The number of rotatable bonds is 23. The van der Waals surface area contributed by atoms with Crippen molar-refractivity contribution < 1.29 is 107 Å². The molecule has 1 aliphatic heterocycles. The number of carboxylic acid groups (broad SMARTS) is 2. The number of aliphatic carboxylic acids is 2. The fourth-order valence-electron chi connectivity index (χ4n) is 5.56. The molecule has 0 amide bonds. The van der Waals surface area contributed by atoms with E-state index in [1.54, 1.807) is 0 Å². The molecular formula is C35H60NNa2O10P. The Balaban J connectivity index is 0. The molecule has 0 aromatic heterocycles. The molecule has 1 saturated heterocycles. The summed E-state index contributed by atoms with van der Waals surface area (Å²) in [5.41, 5.74) is 2.20. The zero-order chi connectivity index (χ0) is 35.2. The van der Waals surface area contributed by atoms with Crippen molar-refractivity contribution in [3.8, 4) is 5.75 Å². The maximum atomic E-state index is 11.0. The molecular weight excluding hydrogens is 671 g/mol. The van der Waals surface area contributed by atoms with Gasteiger partial charge in [-0.05, 0) is 48.6 Å². The van der Waals surface area contributed by atoms with Crippen molar-refractivity contribution in [1.82, 2.24) is 5.32 Å². The van der Waals surface area contributed by atoms with Crippen molar-refractivity contribution in [2.75, 3.05) is 6.54 Å². The van der Waals surface area contributed by atoms with Gasteiger partial charge in [-0.2, -0.15) is 0 Å². The number of carboxylic acids is 2. The SMILES string of the molecule is CC(C)c1cccc(C(C)C)c1OC1CCCC(OP(=O)(O)O)O1.CCCCCCCCCCCCC(CC(=O)[O-])NCCC(=O)[O-].[Na+].[Na+]. The minimum absolute atomic E-state index is 0. The summed E-state index contributed by atoms with van der Waals surface area (Å²) in [6.45, 7) is 10.9. The summed E-state index contributed by atoms with van der Waals surface area (Å²) in [5, 5.41) is 24.0. The van der Waals surface area contributed by atoms with Gasteiger partial charge in [0.25, 0.3) is 0 Å². The van der Waals surface area contributed by atoms with E-state index >= 15 is 0 Å². The predicted octanol–water partition coefficient (Wildman–Crippen LogP) is -0.182. The first-order chi connectivity index (χ1) is 22.2. The van der Waals surface area contributed by atoms with Crippen molar-refractivity contribution >= 4 is 19.8 Å². The minimum Gasteiger partial charge on any atom is -0.550 e. The van der Waals surface area contributed by atoms with Crippen molar-refractivity contribution in [3.63, 3.8) is 0 Å². The molecule has 1 fully saturated rings. The van der Waals surface area contributed by atoms with Crippen molar-refractivity contribution in [3.05, 3.63) is 29.3 Å². The predicted molar refractivity (Wildman–Crippen MR) is 178 cm³/mol. The Morgan fingerprint density at radius 2 is 1.39 bits per heavy atom. The number of hydrogen-bond donors (Lipinski definition) is 3. The zero-order valence-electron chi connectivity index (χ0n) is 31.2. The first-order valence-electron chi connectivity index (χ1n) is 17.5. The molecule has 3 unspecified atom stereocenters. The first-order valence-corrected chi connectivity index (χ1v) is 19.1. The number of benzene rings is 1. The van der Waals surface area contributed by atoms with Gasteiger partial charge in [-0.15, -0.1) is 0 Å². The summed E-state index contributed by atoms with van der Waals surface area (Å²) in [7, 11) is -4.57. The Bertz CT molecular complexity index is 1050. The fourth-order valence-corrected chi connectivity index (χ4v) is 6.02. The molecule has 0 aliphatic carbocycles. The molecule has 1 heterocycles. The Morgan fingerprint density at radius 3 is 1.86 bits per heavy atom. The van der Waals surface area contributed by atoms with Gasteiger partial charge in [-0.3, -0.25) is 4.52 Å². The smallest absolute Gasteiger partial charge is 0.550 e. The molecule has 0 saturated carbocycles. The summed E-state index contributed by atoms with van der Waals surface area (Å²) in [5.74, 6) is -0.815. The van der Waals surface area contributed by atoms with E-state index in [2.05, 4.69) is 44.5 Å². The number of hydrogen-bond acceptors (Lipinski definition) is 9. The number of carbonyl (C=O) groups is 2. The van der Waals surface area contributed by atoms with Gasteiger partial charge in [0.15, 0.2) is 6.29 Å². The summed E-state index contributed by atoms with van der Waals surface area (Å²) >= 11 is 0. The van der Waals surface area contributed by atoms with Gasteiger partial charge in [0.05, 0.1) is 0 Å². The van der Waals surface area contributed by atoms with E-state index in [9.17, 15) is 24.4 Å². The second kappa shape index (κ2) is 29.4. The van der Waals surface area contributed by atoms with Crippen LogP contribution < -0.4 is 79.4 Å². The summed E-state index contributed by atoms with van der Waals surface area (Å²) < 4.78 is 27.4. The number of nitrogens with one attached hydrogen (secondary N) is 1. The molecule has 272 valence electrons. The minimum atomic E-state index is -4.57. The van der Waals surface area contributed by atoms with E-state index in [-0.39, 0.29) is 84.5 Å². The second-order valence-corrected chi connectivity index (χ2v) is 14.2.